The second-order valence-corrected chi connectivity index (χ2v) is 5.70. The number of nitrogens with zero attached hydrogens (tertiary/aromatic N) is 1. The van der Waals surface area contributed by atoms with E-state index in [2.05, 4.69) is 16.3 Å². The van der Waals surface area contributed by atoms with Crippen molar-refractivity contribution in [3.63, 3.8) is 0 Å². The number of carbonyl (C=O) groups excluding carboxylic acids is 1. The van der Waals surface area contributed by atoms with Crippen LogP contribution < -0.4 is 15.1 Å². The number of rotatable bonds is 4. The maximum atomic E-state index is 12.3. The number of quaternary nitrogens is 1. The molecule has 0 saturated carbocycles. The molecule has 6 heteroatoms. The van der Waals surface area contributed by atoms with Gasteiger partial charge in [-0.2, -0.15) is 0 Å². The molecule has 1 aromatic carbocycles. The fraction of sp³-hybridized carbons (Fsp3) is 0.562. The van der Waals surface area contributed by atoms with Crippen LogP contribution in [-0.4, -0.2) is 65.1 Å². The lowest BCUT2D eigenvalue weighted by Crippen LogP contribution is -3.15. The van der Waals surface area contributed by atoms with Gasteiger partial charge in [0.15, 0.2) is 6.54 Å². The molecule has 2 aliphatic heterocycles. The number of hydrogen-bond donors (Lipinski definition) is 2. The first-order chi connectivity index (χ1) is 10.8. The molecule has 2 N–H and O–H groups in total. The maximum Gasteiger partial charge on any atom is 0.279 e. The van der Waals surface area contributed by atoms with Crippen LogP contribution in [0.25, 0.3) is 0 Å². The highest BCUT2D eigenvalue weighted by atomic mass is 16.5. The Morgan fingerprint density at radius 2 is 1.77 bits per heavy atom. The summed E-state index contributed by atoms with van der Waals surface area (Å²) < 4.78 is 10.7. The summed E-state index contributed by atoms with van der Waals surface area (Å²) in [5.41, 5.74) is 1.97. The predicted molar refractivity (Wildman–Crippen MR) is 84.5 cm³/mol. The van der Waals surface area contributed by atoms with Crippen molar-refractivity contribution in [2.45, 2.75) is 0 Å². The molecule has 0 bridgehead atoms. The molecule has 3 rings (SSSR count). The van der Waals surface area contributed by atoms with Crippen molar-refractivity contribution in [1.82, 2.24) is 0 Å². The van der Waals surface area contributed by atoms with E-state index in [-0.39, 0.29) is 5.91 Å². The molecule has 2 aliphatic rings. The van der Waals surface area contributed by atoms with E-state index in [9.17, 15) is 4.79 Å². The first kappa shape index (κ1) is 15.3. The van der Waals surface area contributed by atoms with Gasteiger partial charge in [-0.1, -0.05) is 12.1 Å². The minimum absolute atomic E-state index is 0.0672. The molecule has 0 aliphatic carbocycles. The molecule has 120 valence electrons. The summed E-state index contributed by atoms with van der Waals surface area (Å²) in [6, 6.07) is 7.99. The highest BCUT2D eigenvalue weighted by Crippen LogP contribution is 2.26. The van der Waals surface area contributed by atoms with Crippen LogP contribution in [-0.2, 0) is 14.3 Å². The number of nitrogens with one attached hydrogen (secondary N) is 2. The molecule has 2 fully saturated rings. The van der Waals surface area contributed by atoms with Crippen LogP contribution in [0.15, 0.2) is 24.3 Å². The van der Waals surface area contributed by atoms with Crippen LogP contribution in [0.3, 0.4) is 0 Å². The van der Waals surface area contributed by atoms with Gasteiger partial charge in [0.1, 0.15) is 13.1 Å². The van der Waals surface area contributed by atoms with Gasteiger partial charge >= 0.3 is 0 Å². The third-order valence-corrected chi connectivity index (χ3v) is 4.14. The Kier molecular flexibility index (Phi) is 5.26. The Morgan fingerprint density at radius 3 is 2.55 bits per heavy atom. The average Bonchev–Trinajstić information content (AvgIpc) is 2.57. The molecule has 0 spiro atoms. The maximum absolute atomic E-state index is 12.3. The van der Waals surface area contributed by atoms with Gasteiger partial charge < -0.3 is 24.6 Å². The number of hydrogen-bond acceptors (Lipinski definition) is 4. The lowest BCUT2D eigenvalue weighted by atomic mass is 10.2. The third-order valence-electron chi connectivity index (χ3n) is 4.14. The minimum Gasteiger partial charge on any atom is -0.378 e. The zero-order valence-electron chi connectivity index (χ0n) is 12.8. The first-order valence-corrected chi connectivity index (χ1v) is 7.96. The van der Waals surface area contributed by atoms with Gasteiger partial charge in [0.25, 0.3) is 5.91 Å². The number of morpholine rings is 2. The topological polar surface area (TPSA) is 55.2 Å². The Balaban J connectivity index is 1.62. The van der Waals surface area contributed by atoms with Crippen molar-refractivity contribution in [1.29, 1.82) is 0 Å². The van der Waals surface area contributed by atoms with Crippen molar-refractivity contribution in [3.8, 4) is 0 Å². The molecule has 22 heavy (non-hydrogen) atoms. The van der Waals surface area contributed by atoms with E-state index in [4.69, 9.17) is 9.47 Å². The normalized spacial score (nSPS) is 19.9. The summed E-state index contributed by atoms with van der Waals surface area (Å²) in [6.07, 6.45) is 0. The minimum atomic E-state index is 0.0672. The zero-order valence-corrected chi connectivity index (χ0v) is 12.8. The Labute approximate surface area is 131 Å². The predicted octanol–water partition coefficient (Wildman–Crippen LogP) is -0.623. The van der Waals surface area contributed by atoms with E-state index in [0.717, 1.165) is 64.0 Å². The second kappa shape index (κ2) is 7.58. The van der Waals surface area contributed by atoms with Crippen molar-refractivity contribution in [2.75, 3.05) is 69.4 Å². The summed E-state index contributed by atoms with van der Waals surface area (Å²) in [4.78, 5) is 15.8. The van der Waals surface area contributed by atoms with E-state index in [1.54, 1.807) is 0 Å². The summed E-state index contributed by atoms with van der Waals surface area (Å²) >= 11 is 0. The fourth-order valence-corrected chi connectivity index (χ4v) is 2.92. The molecule has 0 aromatic heterocycles. The number of amides is 1. The zero-order chi connectivity index (χ0) is 15.2. The second-order valence-electron chi connectivity index (χ2n) is 5.70. The standard InChI is InChI=1S/C16H23N3O3/c20-16(13-18-5-9-21-10-6-18)17-14-3-1-2-4-15(14)19-7-11-22-12-8-19/h1-4H,5-13H2,(H,17,20)/p+1. The summed E-state index contributed by atoms with van der Waals surface area (Å²) in [5.74, 6) is 0.0672. The van der Waals surface area contributed by atoms with Gasteiger partial charge in [-0.15, -0.1) is 0 Å². The Hall–Kier alpha value is -1.63. The highest BCUT2D eigenvalue weighted by Gasteiger charge is 2.20. The van der Waals surface area contributed by atoms with Gasteiger partial charge in [-0.25, -0.2) is 0 Å². The van der Waals surface area contributed by atoms with Crippen molar-refractivity contribution in [2.24, 2.45) is 0 Å². The van der Waals surface area contributed by atoms with Crippen molar-refractivity contribution in [3.05, 3.63) is 24.3 Å². The van der Waals surface area contributed by atoms with Gasteiger partial charge in [-0.3, -0.25) is 4.79 Å². The van der Waals surface area contributed by atoms with Crippen LogP contribution in [0.4, 0.5) is 11.4 Å². The van der Waals surface area contributed by atoms with Crippen molar-refractivity contribution >= 4 is 17.3 Å². The van der Waals surface area contributed by atoms with E-state index in [0.29, 0.717) is 6.54 Å². The number of benzene rings is 1. The molecule has 0 atom stereocenters. The van der Waals surface area contributed by atoms with E-state index >= 15 is 0 Å². The van der Waals surface area contributed by atoms with E-state index in [1.165, 1.54) is 4.90 Å². The molecule has 1 aromatic rings. The quantitative estimate of drug-likeness (QED) is 0.778. The molecular formula is C16H24N3O3+. The van der Waals surface area contributed by atoms with Crippen LogP contribution >= 0.6 is 0 Å². The molecular weight excluding hydrogens is 282 g/mol. The van der Waals surface area contributed by atoms with Gasteiger partial charge in [0.2, 0.25) is 0 Å². The molecule has 2 saturated heterocycles. The van der Waals surface area contributed by atoms with Gasteiger partial charge in [0.05, 0.1) is 37.8 Å². The molecule has 0 unspecified atom stereocenters. The molecule has 2 heterocycles. The lowest BCUT2D eigenvalue weighted by molar-refractivity contribution is -0.899. The molecule has 1 amide bonds. The van der Waals surface area contributed by atoms with Crippen LogP contribution in [0.1, 0.15) is 0 Å². The Bertz CT molecular complexity index is 497. The van der Waals surface area contributed by atoms with E-state index < -0.39 is 0 Å². The number of carbonyl (C=O) groups is 1. The van der Waals surface area contributed by atoms with Crippen LogP contribution in [0.5, 0.6) is 0 Å². The lowest BCUT2D eigenvalue weighted by Gasteiger charge is -2.30. The number of anilines is 2. The van der Waals surface area contributed by atoms with Crippen molar-refractivity contribution < 1.29 is 19.2 Å². The summed E-state index contributed by atoms with van der Waals surface area (Å²) in [7, 11) is 0. The smallest absolute Gasteiger partial charge is 0.279 e. The average molecular weight is 306 g/mol. The highest BCUT2D eigenvalue weighted by molar-refractivity contribution is 5.95. The van der Waals surface area contributed by atoms with Crippen LogP contribution in [0, 0.1) is 0 Å². The monoisotopic (exact) mass is 306 g/mol. The van der Waals surface area contributed by atoms with E-state index in [1.807, 2.05) is 18.2 Å². The van der Waals surface area contributed by atoms with Gasteiger partial charge in [0, 0.05) is 13.1 Å². The summed E-state index contributed by atoms with van der Waals surface area (Å²) in [6.45, 7) is 6.99. The Morgan fingerprint density at radius 1 is 1.09 bits per heavy atom. The largest absolute Gasteiger partial charge is 0.378 e. The molecule has 0 radical (unpaired) electrons. The number of ether oxygens (including phenoxy) is 2. The number of para-hydroxylation sites is 2. The SMILES string of the molecule is O=C(C[NH+]1CCOCC1)Nc1ccccc1N1CCOCC1. The summed E-state index contributed by atoms with van der Waals surface area (Å²) in [5, 5.41) is 3.07. The van der Waals surface area contributed by atoms with Crippen LogP contribution in [0.2, 0.25) is 0 Å². The first-order valence-electron chi connectivity index (χ1n) is 7.96. The molecule has 6 nitrogen and oxygen atoms in total. The fourth-order valence-electron chi connectivity index (χ4n) is 2.92. The third kappa shape index (κ3) is 3.97. The van der Waals surface area contributed by atoms with Gasteiger partial charge in [-0.05, 0) is 12.1 Å².